The first-order valence-corrected chi connectivity index (χ1v) is 4.79. The van der Waals surface area contributed by atoms with Gasteiger partial charge < -0.3 is 0 Å². The first-order valence-electron chi connectivity index (χ1n) is 4.79. The van der Waals surface area contributed by atoms with Crippen LogP contribution in [0.1, 0.15) is 43.7 Å². The molecule has 1 heteroatoms. The summed E-state index contributed by atoms with van der Waals surface area (Å²) in [5, 5.41) is 0. The van der Waals surface area contributed by atoms with Crippen molar-refractivity contribution in [2.24, 2.45) is 0 Å². The Morgan fingerprint density at radius 3 is 2.54 bits per heavy atom. The minimum atomic E-state index is 0.00463. The van der Waals surface area contributed by atoms with E-state index < -0.39 is 0 Å². The van der Waals surface area contributed by atoms with Crippen LogP contribution in [0.25, 0.3) is 0 Å². The van der Waals surface area contributed by atoms with E-state index in [1.807, 2.05) is 32.0 Å². The van der Waals surface area contributed by atoms with Crippen LogP contribution in [-0.2, 0) is 0 Å². The van der Waals surface area contributed by atoms with E-state index in [0.29, 0.717) is 5.92 Å². The van der Waals surface area contributed by atoms with Crippen LogP contribution < -0.4 is 0 Å². The SMILES string of the molecule is C[C](C)c1cccc(C2CC2)c1F. The number of halogens is 1. The predicted octanol–water partition coefficient (Wildman–Crippen LogP) is 3.67. The fourth-order valence-electron chi connectivity index (χ4n) is 1.65. The van der Waals surface area contributed by atoms with Gasteiger partial charge in [0.25, 0.3) is 0 Å². The molecule has 1 aromatic rings. The van der Waals surface area contributed by atoms with E-state index in [4.69, 9.17) is 0 Å². The third-order valence-corrected chi connectivity index (χ3v) is 2.58. The molecule has 0 amide bonds. The van der Waals surface area contributed by atoms with Gasteiger partial charge >= 0.3 is 0 Å². The van der Waals surface area contributed by atoms with Gasteiger partial charge in [0, 0.05) is 5.92 Å². The zero-order valence-corrected chi connectivity index (χ0v) is 8.10. The Kier molecular flexibility index (Phi) is 2.10. The maximum Gasteiger partial charge on any atom is 0.130 e. The highest BCUT2D eigenvalue weighted by atomic mass is 19.1. The minimum Gasteiger partial charge on any atom is -0.206 e. The molecule has 0 spiro atoms. The number of hydrogen-bond donors (Lipinski definition) is 0. The molecule has 1 aromatic carbocycles. The maximum absolute atomic E-state index is 13.8. The number of benzene rings is 1. The van der Waals surface area contributed by atoms with Crippen LogP contribution in [0.2, 0.25) is 0 Å². The van der Waals surface area contributed by atoms with E-state index in [0.717, 1.165) is 29.9 Å². The Hall–Kier alpha value is -0.850. The molecule has 0 nitrogen and oxygen atoms in total. The molecular weight excluding hydrogens is 163 g/mol. The van der Waals surface area contributed by atoms with Crippen LogP contribution in [0, 0.1) is 11.7 Å². The Balaban J connectivity index is 2.41. The molecule has 0 aliphatic heterocycles. The van der Waals surface area contributed by atoms with Crippen LogP contribution in [0.4, 0.5) is 4.39 Å². The third-order valence-electron chi connectivity index (χ3n) is 2.58. The van der Waals surface area contributed by atoms with Gasteiger partial charge in [0.05, 0.1) is 0 Å². The highest BCUT2D eigenvalue weighted by Gasteiger charge is 2.27. The number of rotatable bonds is 2. The Labute approximate surface area is 78.8 Å². The second-order valence-corrected chi connectivity index (χ2v) is 3.98. The molecule has 0 N–H and O–H groups in total. The average molecular weight is 177 g/mol. The van der Waals surface area contributed by atoms with Gasteiger partial charge in [-0.05, 0) is 29.9 Å². The maximum atomic E-state index is 13.8. The van der Waals surface area contributed by atoms with Crippen molar-refractivity contribution in [3.8, 4) is 0 Å². The lowest BCUT2D eigenvalue weighted by Crippen LogP contribution is -1.97. The van der Waals surface area contributed by atoms with E-state index in [1.54, 1.807) is 0 Å². The van der Waals surface area contributed by atoms with Crippen LogP contribution in [-0.4, -0.2) is 0 Å². The van der Waals surface area contributed by atoms with Crippen molar-refractivity contribution in [2.45, 2.75) is 32.6 Å². The van der Waals surface area contributed by atoms with Crippen molar-refractivity contribution in [1.82, 2.24) is 0 Å². The second kappa shape index (κ2) is 3.13. The summed E-state index contributed by atoms with van der Waals surface area (Å²) in [5.41, 5.74) is 1.70. The molecule has 0 unspecified atom stereocenters. The van der Waals surface area contributed by atoms with Crippen molar-refractivity contribution in [1.29, 1.82) is 0 Å². The molecule has 2 rings (SSSR count). The molecule has 1 radical (unpaired) electrons. The summed E-state index contributed by atoms with van der Waals surface area (Å²) in [6.45, 7) is 3.91. The molecule has 69 valence electrons. The van der Waals surface area contributed by atoms with Gasteiger partial charge in [-0.2, -0.15) is 0 Å². The Morgan fingerprint density at radius 2 is 2.00 bits per heavy atom. The Morgan fingerprint density at radius 1 is 1.31 bits per heavy atom. The molecule has 13 heavy (non-hydrogen) atoms. The van der Waals surface area contributed by atoms with Gasteiger partial charge in [0.2, 0.25) is 0 Å². The van der Waals surface area contributed by atoms with E-state index in [-0.39, 0.29) is 5.82 Å². The number of hydrogen-bond acceptors (Lipinski definition) is 0. The van der Waals surface area contributed by atoms with E-state index in [9.17, 15) is 4.39 Å². The van der Waals surface area contributed by atoms with Gasteiger partial charge in [-0.3, -0.25) is 0 Å². The fraction of sp³-hybridized carbons (Fsp3) is 0.417. The standard InChI is InChI=1S/C12H14F/c1-8(2)10-4-3-5-11(12(10)13)9-6-7-9/h3-5,9H,6-7H2,1-2H3. The first-order chi connectivity index (χ1) is 6.20. The largest absolute Gasteiger partial charge is 0.206 e. The van der Waals surface area contributed by atoms with Gasteiger partial charge in [0.15, 0.2) is 0 Å². The zero-order chi connectivity index (χ0) is 9.42. The van der Waals surface area contributed by atoms with Crippen molar-refractivity contribution < 1.29 is 4.39 Å². The summed E-state index contributed by atoms with van der Waals surface area (Å²) in [4.78, 5) is 0. The van der Waals surface area contributed by atoms with Crippen molar-refractivity contribution in [3.05, 3.63) is 41.1 Å². The average Bonchev–Trinajstić information content (AvgIpc) is 2.87. The summed E-state index contributed by atoms with van der Waals surface area (Å²) in [7, 11) is 0. The highest BCUT2D eigenvalue weighted by Crippen LogP contribution is 2.42. The van der Waals surface area contributed by atoms with Crippen molar-refractivity contribution >= 4 is 0 Å². The summed E-state index contributed by atoms with van der Waals surface area (Å²) in [6, 6.07) is 5.73. The predicted molar refractivity (Wildman–Crippen MR) is 52.1 cm³/mol. The van der Waals surface area contributed by atoms with Crippen LogP contribution >= 0.6 is 0 Å². The van der Waals surface area contributed by atoms with Gasteiger partial charge in [-0.1, -0.05) is 32.0 Å². The molecule has 1 fully saturated rings. The summed E-state index contributed by atoms with van der Waals surface area (Å²) >= 11 is 0. The third kappa shape index (κ3) is 1.60. The Bertz CT molecular complexity index is 291. The van der Waals surface area contributed by atoms with E-state index in [1.165, 1.54) is 0 Å². The smallest absolute Gasteiger partial charge is 0.130 e. The van der Waals surface area contributed by atoms with Gasteiger partial charge in [-0.15, -0.1) is 0 Å². The molecule has 0 atom stereocenters. The van der Waals surface area contributed by atoms with Gasteiger partial charge in [-0.25, -0.2) is 4.39 Å². The molecule has 0 bridgehead atoms. The quantitative estimate of drug-likeness (QED) is 0.646. The molecule has 1 saturated carbocycles. The normalized spacial score (nSPS) is 16.6. The van der Waals surface area contributed by atoms with Crippen LogP contribution in [0.3, 0.4) is 0 Å². The monoisotopic (exact) mass is 177 g/mol. The fourth-order valence-corrected chi connectivity index (χ4v) is 1.65. The zero-order valence-electron chi connectivity index (χ0n) is 8.10. The molecule has 0 aromatic heterocycles. The molecule has 0 saturated heterocycles. The van der Waals surface area contributed by atoms with E-state index >= 15 is 0 Å². The van der Waals surface area contributed by atoms with Gasteiger partial charge in [0.1, 0.15) is 5.82 Å². The second-order valence-electron chi connectivity index (χ2n) is 3.98. The first kappa shape index (κ1) is 8.74. The van der Waals surface area contributed by atoms with E-state index in [2.05, 4.69) is 0 Å². The molecular formula is C12H14F. The lowest BCUT2D eigenvalue weighted by molar-refractivity contribution is 0.599. The topological polar surface area (TPSA) is 0 Å². The molecule has 0 heterocycles. The summed E-state index contributed by atoms with van der Waals surface area (Å²) in [6.07, 6.45) is 2.31. The van der Waals surface area contributed by atoms with Crippen LogP contribution in [0.5, 0.6) is 0 Å². The minimum absolute atomic E-state index is 0.00463. The molecule has 1 aliphatic rings. The van der Waals surface area contributed by atoms with Crippen molar-refractivity contribution in [2.75, 3.05) is 0 Å². The highest BCUT2D eigenvalue weighted by molar-refractivity contribution is 5.37. The lowest BCUT2D eigenvalue weighted by atomic mass is 9.98. The summed E-state index contributed by atoms with van der Waals surface area (Å²) < 4.78 is 13.8. The van der Waals surface area contributed by atoms with Crippen molar-refractivity contribution in [3.63, 3.8) is 0 Å². The summed E-state index contributed by atoms with van der Waals surface area (Å²) in [5.74, 6) is 1.56. The lowest BCUT2D eigenvalue weighted by Gasteiger charge is -2.09. The van der Waals surface area contributed by atoms with Crippen LogP contribution in [0.15, 0.2) is 18.2 Å². The molecule has 1 aliphatic carbocycles.